The van der Waals surface area contributed by atoms with Crippen molar-refractivity contribution >= 4 is 44.1 Å². The van der Waals surface area contributed by atoms with Crippen molar-refractivity contribution in [2.24, 2.45) is 0 Å². The molecule has 1 atom stereocenters. The van der Waals surface area contributed by atoms with E-state index in [1.807, 2.05) is 26.0 Å². The molecule has 0 saturated carbocycles. The first-order valence-electron chi connectivity index (χ1n) is 12.5. The van der Waals surface area contributed by atoms with Gasteiger partial charge in [0.15, 0.2) is 5.13 Å². The van der Waals surface area contributed by atoms with Crippen LogP contribution in [0.4, 0.5) is 9.52 Å². The number of carbonyl (C=O) groups is 2. The van der Waals surface area contributed by atoms with Crippen molar-refractivity contribution in [1.82, 2.24) is 4.98 Å². The van der Waals surface area contributed by atoms with E-state index in [2.05, 4.69) is 11.9 Å². The van der Waals surface area contributed by atoms with Crippen molar-refractivity contribution in [1.29, 1.82) is 0 Å². The lowest BCUT2D eigenvalue weighted by atomic mass is 9.93. The van der Waals surface area contributed by atoms with Crippen molar-refractivity contribution in [3.8, 4) is 5.75 Å². The molecule has 0 aliphatic carbocycles. The predicted molar refractivity (Wildman–Crippen MR) is 147 cm³/mol. The number of thiazole rings is 1. The Morgan fingerprint density at radius 3 is 2.58 bits per heavy atom. The molecule has 1 amide bonds. The van der Waals surface area contributed by atoms with Crippen LogP contribution in [0.1, 0.15) is 48.1 Å². The summed E-state index contributed by atoms with van der Waals surface area (Å²) in [4.78, 5) is 32.8. The van der Waals surface area contributed by atoms with E-state index in [1.165, 1.54) is 23.1 Å². The van der Waals surface area contributed by atoms with E-state index in [4.69, 9.17) is 4.74 Å². The summed E-state index contributed by atoms with van der Waals surface area (Å²) in [5, 5.41) is 11.7. The molecule has 1 aromatic heterocycles. The number of carbonyl (C=O) groups excluding carboxylic acids is 2. The van der Waals surface area contributed by atoms with Gasteiger partial charge in [0.25, 0.3) is 5.78 Å². The summed E-state index contributed by atoms with van der Waals surface area (Å²) in [6, 6.07) is 16.0. The number of anilines is 1. The van der Waals surface area contributed by atoms with Crippen LogP contribution >= 0.6 is 11.3 Å². The van der Waals surface area contributed by atoms with Crippen LogP contribution in [0.25, 0.3) is 16.0 Å². The maximum Gasteiger partial charge on any atom is 0.301 e. The number of aryl methyl sites for hydroxylation is 2. The summed E-state index contributed by atoms with van der Waals surface area (Å²) in [6.45, 7) is 6.40. The Hall–Kier alpha value is -4.04. The number of benzene rings is 3. The van der Waals surface area contributed by atoms with Crippen molar-refractivity contribution in [2.45, 2.75) is 39.7 Å². The molecule has 0 radical (unpaired) electrons. The summed E-state index contributed by atoms with van der Waals surface area (Å²) in [7, 11) is 0. The fraction of sp³-hybridized carbons (Fsp3) is 0.233. The Morgan fingerprint density at radius 2 is 1.84 bits per heavy atom. The highest BCUT2D eigenvalue weighted by Gasteiger charge is 2.48. The summed E-state index contributed by atoms with van der Waals surface area (Å²) < 4.78 is 20.2. The fourth-order valence-corrected chi connectivity index (χ4v) is 5.57. The van der Waals surface area contributed by atoms with Gasteiger partial charge in [-0.1, -0.05) is 54.5 Å². The molecule has 1 N–H and O–H groups in total. The van der Waals surface area contributed by atoms with Crippen molar-refractivity contribution in [2.75, 3.05) is 11.5 Å². The van der Waals surface area contributed by atoms with Gasteiger partial charge < -0.3 is 9.84 Å². The number of amides is 1. The third-order valence-electron chi connectivity index (χ3n) is 6.60. The van der Waals surface area contributed by atoms with Gasteiger partial charge >= 0.3 is 5.91 Å². The first-order chi connectivity index (χ1) is 18.3. The minimum atomic E-state index is -0.926. The third kappa shape index (κ3) is 4.67. The summed E-state index contributed by atoms with van der Waals surface area (Å²) in [5.41, 5.74) is 3.27. The Kier molecular flexibility index (Phi) is 6.99. The molecule has 3 aromatic carbocycles. The molecule has 0 bridgehead atoms. The lowest BCUT2D eigenvalue weighted by Crippen LogP contribution is -2.29. The predicted octanol–water partition coefficient (Wildman–Crippen LogP) is 6.86. The van der Waals surface area contributed by atoms with Gasteiger partial charge in [-0.05, 0) is 67.8 Å². The maximum absolute atomic E-state index is 13.9. The number of unbranched alkanes of at least 4 members (excludes halogenated alkanes) is 1. The first kappa shape index (κ1) is 25.6. The number of aromatic nitrogens is 1. The highest BCUT2D eigenvalue weighted by molar-refractivity contribution is 7.22. The number of rotatable bonds is 7. The van der Waals surface area contributed by atoms with Gasteiger partial charge in [0.05, 0.1) is 28.4 Å². The molecule has 0 spiro atoms. The quantitative estimate of drug-likeness (QED) is 0.122. The second kappa shape index (κ2) is 10.4. The number of hydrogen-bond acceptors (Lipinski definition) is 6. The standard InChI is InChI=1S/C30H27FN2O4S/c1-4-5-14-37-21-11-8-19(9-12-21)26-25(27(34)22-15-17(2)6-7-18(22)3)28(35)29(36)33(26)30-32-23-13-10-20(31)16-24(23)38-30/h6-13,15-16,26,34H,4-5,14H2,1-3H3. The lowest BCUT2D eigenvalue weighted by molar-refractivity contribution is -0.132. The van der Waals surface area contributed by atoms with E-state index >= 15 is 0 Å². The van der Waals surface area contributed by atoms with Crippen LogP contribution in [-0.2, 0) is 9.59 Å². The minimum absolute atomic E-state index is 0.0196. The zero-order chi connectivity index (χ0) is 27.0. The van der Waals surface area contributed by atoms with Gasteiger partial charge in [-0.3, -0.25) is 14.5 Å². The Morgan fingerprint density at radius 1 is 1.08 bits per heavy atom. The van der Waals surface area contributed by atoms with Crippen LogP contribution in [-0.4, -0.2) is 28.4 Å². The van der Waals surface area contributed by atoms with Crippen LogP contribution in [0.5, 0.6) is 5.75 Å². The SMILES string of the molecule is CCCCOc1ccc(C2C(=C(O)c3cc(C)ccc3C)C(=O)C(=O)N2c2nc3ccc(F)cc3s2)cc1. The molecule has 38 heavy (non-hydrogen) atoms. The number of ketones is 1. The smallest absolute Gasteiger partial charge is 0.301 e. The number of nitrogens with zero attached hydrogens (tertiary/aromatic N) is 2. The molecule has 1 saturated heterocycles. The Labute approximate surface area is 224 Å². The van der Waals surface area contributed by atoms with Gasteiger partial charge in [-0.15, -0.1) is 0 Å². The number of hydrogen-bond donors (Lipinski definition) is 1. The van der Waals surface area contributed by atoms with Crippen LogP contribution < -0.4 is 9.64 Å². The van der Waals surface area contributed by atoms with Gasteiger partial charge in [0.2, 0.25) is 0 Å². The van der Waals surface area contributed by atoms with Crippen molar-refractivity contribution in [3.63, 3.8) is 0 Å². The Bertz CT molecular complexity index is 1580. The Balaban J connectivity index is 1.67. The molecule has 194 valence electrons. The monoisotopic (exact) mass is 530 g/mol. The summed E-state index contributed by atoms with van der Waals surface area (Å²) >= 11 is 1.12. The average molecular weight is 531 g/mol. The largest absolute Gasteiger partial charge is 0.507 e. The molecule has 1 aliphatic heterocycles. The van der Waals surface area contributed by atoms with E-state index in [0.29, 0.717) is 33.7 Å². The van der Waals surface area contributed by atoms with E-state index in [9.17, 15) is 19.1 Å². The van der Waals surface area contributed by atoms with Crippen LogP contribution in [0, 0.1) is 19.7 Å². The van der Waals surface area contributed by atoms with E-state index in [1.54, 1.807) is 30.3 Å². The van der Waals surface area contributed by atoms with Gasteiger partial charge in [0, 0.05) is 5.56 Å². The maximum atomic E-state index is 13.9. The molecule has 1 aliphatic rings. The molecule has 4 aromatic rings. The number of halogens is 1. The second-order valence-electron chi connectivity index (χ2n) is 9.37. The topological polar surface area (TPSA) is 79.7 Å². The van der Waals surface area contributed by atoms with Crippen LogP contribution in [0.2, 0.25) is 0 Å². The van der Waals surface area contributed by atoms with E-state index in [-0.39, 0.29) is 16.5 Å². The number of fused-ring (bicyclic) bond motifs is 1. The van der Waals surface area contributed by atoms with Crippen molar-refractivity contribution in [3.05, 3.63) is 94.3 Å². The zero-order valence-electron chi connectivity index (χ0n) is 21.3. The highest BCUT2D eigenvalue weighted by atomic mass is 32.1. The molecule has 1 fully saturated rings. The van der Waals surface area contributed by atoms with Gasteiger partial charge in [-0.25, -0.2) is 9.37 Å². The van der Waals surface area contributed by atoms with Crippen molar-refractivity contribution < 1.29 is 23.8 Å². The molecular weight excluding hydrogens is 503 g/mol. The number of aliphatic hydroxyl groups is 1. The normalized spacial score (nSPS) is 16.9. The average Bonchev–Trinajstić information content (AvgIpc) is 3.43. The van der Waals surface area contributed by atoms with Crippen LogP contribution in [0.3, 0.4) is 0 Å². The number of ether oxygens (including phenoxy) is 1. The minimum Gasteiger partial charge on any atom is -0.507 e. The zero-order valence-corrected chi connectivity index (χ0v) is 22.1. The second-order valence-corrected chi connectivity index (χ2v) is 10.4. The highest BCUT2D eigenvalue weighted by Crippen LogP contribution is 2.45. The molecular formula is C30H27FN2O4S. The molecule has 2 heterocycles. The van der Waals surface area contributed by atoms with Gasteiger partial charge in [-0.2, -0.15) is 0 Å². The number of Topliss-reactive ketones (excluding diaryl/α,β-unsaturated/α-hetero) is 1. The van der Waals surface area contributed by atoms with Crippen LogP contribution in [0.15, 0.2) is 66.2 Å². The van der Waals surface area contributed by atoms with E-state index < -0.39 is 23.5 Å². The molecule has 5 rings (SSSR count). The van der Waals surface area contributed by atoms with E-state index in [0.717, 1.165) is 35.3 Å². The summed E-state index contributed by atoms with van der Waals surface area (Å²) in [5.74, 6) is -1.59. The molecule has 6 nitrogen and oxygen atoms in total. The molecule has 8 heteroatoms. The lowest BCUT2D eigenvalue weighted by Gasteiger charge is -2.23. The van der Waals surface area contributed by atoms with Gasteiger partial charge in [0.1, 0.15) is 17.3 Å². The molecule has 1 unspecified atom stereocenters. The number of aliphatic hydroxyl groups excluding tert-OH is 1. The first-order valence-corrected chi connectivity index (χ1v) is 13.3. The summed E-state index contributed by atoms with van der Waals surface area (Å²) in [6.07, 6.45) is 1.94. The fourth-order valence-electron chi connectivity index (χ4n) is 4.55. The third-order valence-corrected chi connectivity index (χ3v) is 7.62.